The number of nitrogens with zero attached hydrogens (tertiary/aromatic N) is 2. The lowest BCUT2D eigenvalue weighted by Gasteiger charge is -2.35. The van der Waals surface area contributed by atoms with Crippen LogP contribution in [-0.4, -0.2) is 67.1 Å². The second-order valence-corrected chi connectivity index (χ2v) is 12.9. The summed E-state index contributed by atoms with van der Waals surface area (Å²) in [6.45, 7) is 11.4. The van der Waals surface area contributed by atoms with E-state index < -0.39 is 0 Å². The van der Waals surface area contributed by atoms with Crippen molar-refractivity contribution in [3.63, 3.8) is 0 Å². The van der Waals surface area contributed by atoms with E-state index in [-0.39, 0.29) is 11.3 Å². The van der Waals surface area contributed by atoms with Crippen LogP contribution in [0.4, 0.5) is 0 Å². The minimum atomic E-state index is -0.00996. The third-order valence-corrected chi connectivity index (χ3v) is 9.70. The Balaban J connectivity index is 1.18. The predicted octanol–water partition coefficient (Wildman–Crippen LogP) is 7.53. The molecule has 5 nitrogen and oxygen atoms in total. The van der Waals surface area contributed by atoms with Gasteiger partial charge in [0, 0.05) is 38.2 Å². The van der Waals surface area contributed by atoms with Gasteiger partial charge >= 0.3 is 0 Å². The van der Waals surface area contributed by atoms with Gasteiger partial charge in [-0.05, 0) is 126 Å². The lowest BCUT2D eigenvalue weighted by atomic mass is 9.97. The first-order valence-electron chi connectivity index (χ1n) is 15.0. The highest BCUT2D eigenvalue weighted by molar-refractivity contribution is 7.22. The number of hydrogen-bond donors (Lipinski definition) is 0. The van der Waals surface area contributed by atoms with Gasteiger partial charge < -0.3 is 9.47 Å². The van der Waals surface area contributed by atoms with Crippen molar-refractivity contribution >= 4 is 27.2 Å². The fourth-order valence-corrected chi connectivity index (χ4v) is 7.20. The maximum absolute atomic E-state index is 14.0. The van der Waals surface area contributed by atoms with E-state index in [4.69, 9.17) is 9.47 Å². The molecule has 0 N–H and O–H groups in total. The molecule has 41 heavy (non-hydrogen) atoms. The lowest BCUT2D eigenvalue weighted by molar-refractivity contribution is 0.0894. The number of hydrogen-bond acceptors (Lipinski definition) is 6. The third kappa shape index (κ3) is 6.35. The van der Waals surface area contributed by atoms with E-state index in [1.54, 1.807) is 11.3 Å². The quantitative estimate of drug-likeness (QED) is 0.175. The first-order valence-corrected chi connectivity index (χ1v) is 15.8. The summed E-state index contributed by atoms with van der Waals surface area (Å²) in [5.41, 5.74) is 2.45. The van der Waals surface area contributed by atoms with Crippen LogP contribution in [0.1, 0.15) is 55.5 Å². The molecule has 0 spiro atoms. The number of benzene rings is 3. The van der Waals surface area contributed by atoms with Crippen molar-refractivity contribution in [3.8, 4) is 21.9 Å². The van der Waals surface area contributed by atoms with Gasteiger partial charge in [-0.2, -0.15) is 0 Å². The Morgan fingerprint density at radius 3 is 2.17 bits per heavy atom. The van der Waals surface area contributed by atoms with Crippen molar-refractivity contribution in [3.05, 3.63) is 83.9 Å². The number of fused-ring (bicyclic) bond motifs is 1. The predicted molar refractivity (Wildman–Crippen MR) is 169 cm³/mol. The zero-order chi connectivity index (χ0) is 28.2. The summed E-state index contributed by atoms with van der Waals surface area (Å²) in [5, 5.41) is 0.996. The Bertz CT molecular complexity index is 1460. The summed E-state index contributed by atoms with van der Waals surface area (Å²) in [6.07, 6.45) is 5.10. The molecule has 0 amide bonds. The van der Waals surface area contributed by atoms with Gasteiger partial charge in [0.2, 0.25) is 0 Å². The second-order valence-electron chi connectivity index (χ2n) is 11.9. The molecule has 3 heterocycles. The largest absolute Gasteiger partial charge is 0.492 e. The van der Waals surface area contributed by atoms with Crippen LogP contribution in [0.5, 0.6) is 11.5 Å². The van der Waals surface area contributed by atoms with Gasteiger partial charge in [0.25, 0.3) is 0 Å². The Kier molecular flexibility index (Phi) is 8.42. The maximum atomic E-state index is 14.0. The molecular weight excluding hydrogens is 528 g/mol. The van der Waals surface area contributed by atoms with E-state index >= 15 is 0 Å². The monoisotopic (exact) mass is 568 g/mol. The van der Waals surface area contributed by atoms with Crippen LogP contribution in [0.15, 0.2) is 72.8 Å². The first kappa shape index (κ1) is 28.0. The smallest absolute Gasteiger partial charge is 0.195 e. The van der Waals surface area contributed by atoms with Crippen molar-refractivity contribution in [2.24, 2.45) is 0 Å². The van der Waals surface area contributed by atoms with Crippen LogP contribution in [-0.2, 0) is 0 Å². The molecule has 2 aliphatic heterocycles. The number of rotatable bonds is 11. The topological polar surface area (TPSA) is 42.0 Å². The molecule has 4 aromatic rings. The normalized spacial score (nSPS) is 16.4. The second kappa shape index (κ2) is 12.4. The highest BCUT2D eigenvalue weighted by Crippen LogP contribution is 2.40. The fourth-order valence-electron chi connectivity index (χ4n) is 6.00. The van der Waals surface area contributed by atoms with Gasteiger partial charge in [0.1, 0.15) is 24.7 Å². The minimum absolute atomic E-state index is 0.00996. The van der Waals surface area contributed by atoms with Crippen LogP contribution in [0.25, 0.3) is 20.5 Å². The number of ether oxygens (including phenoxy) is 2. The Labute approximate surface area is 247 Å². The Morgan fingerprint density at radius 1 is 0.805 bits per heavy atom. The summed E-state index contributed by atoms with van der Waals surface area (Å²) in [7, 11) is 0. The Hall–Kier alpha value is -3.19. The number of carbonyl (C=O) groups excluding carboxylic acids is 1. The molecule has 0 bridgehead atoms. The van der Waals surface area contributed by atoms with Crippen molar-refractivity contribution in [2.45, 2.75) is 45.1 Å². The standard InChI is InChI=1S/C35H40N2O3S/c1-35(2,37-21-7-8-22-37)25-40-29-15-11-26(12-16-29)33(38)32-30-9-3-4-10-31(30)41-34(32)27-13-17-28(18-14-27)39-24-23-36-19-5-6-20-36/h3-4,9-18H,5-8,19-25H2,1-2H3. The highest BCUT2D eigenvalue weighted by atomic mass is 32.1. The highest BCUT2D eigenvalue weighted by Gasteiger charge is 2.30. The summed E-state index contributed by atoms with van der Waals surface area (Å²) >= 11 is 1.67. The zero-order valence-corrected chi connectivity index (χ0v) is 25.1. The van der Waals surface area contributed by atoms with Crippen LogP contribution < -0.4 is 9.47 Å². The fraction of sp³-hybridized carbons (Fsp3) is 0.400. The molecule has 2 fully saturated rings. The molecule has 3 aromatic carbocycles. The Morgan fingerprint density at radius 2 is 1.44 bits per heavy atom. The molecule has 0 radical (unpaired) electrons. The minimum Gasteiger partial charge on any atom is -0.492 e. The van der Waals surface area contributed by atoms with Gasteiger partial charge in [-0.15, -0.1) is 11.3 Å². The average Bonchev–Trinajstić information content (AvgIpc) is 3.78. The molecule has 6 rings (SSSR count). The van der Waals surface area contributed by atoms with Crippen LogP contribution in [0, 0.1) is 0 Å². The van der Waals surface area contributed by atoms with E-state index in [9.17, 15) is 4.79 Å². The van der Waals surface area contributed by atoms with Crippen molar-refractivity contribution in [1.82, 2.24) is 9.80 Å². The average molecular weight is 569 g/mol. The van der Waals surface area contributed by atoms with E-state index in [0.717, 1.165) is 57.2 Å². The molecule has 0 aliphatic carbocycles. The molecule has 2 aliphatic rings. The molecule has 214 valence electrons. The molecule has 2 saturated heterocycles. The van der Waals surface area contributed by atoms with Crippen molar-refractivity contribution < 1.29 is 14.3 Å². The molecule has 0 unspecified atom stereocenters. The van der Waals surface area contributed by atoms with Gasteiger partial charge in [0.05, 0.1) is 0 Å². The zero-order valence-electron chi connectivity index (χ0n) is 24.2. The number of likely N-dealkylation sites (tertiary alicyclic amines) is 2. The van der Waals surface area contributed by atoms with E-state index in [1.807, 2.05) is 48.5 Å². The molecule has 0 atom stereocenters. The van der Waals surface area contributed by atoms with Crippen LogP contribution in [0.3, 0.4) is 0 Å². The molecule has 1 aromatic heterocycles. The van der Waals surface area contributed by atoms with Gasteiger partial charge in [-0.3, -0.25) is 14.6 Å². The van der Waals surface area contributed by atoms with Crippen LogP contribution >= 0.6 is 11.3 Å². The summed E-state index contributed by atoms with van der Waals surface area (Å²) in [6, 6.07) is 24.0. The summed E-state index contributed by atoms with van der Waals surface area (Å²) in [4.78, 5) is 19.9. The maximum Gasteiger partial charge on any atom is 0.195 e. The van der Waals surface area contributed by atoms with Crippen molar-refractivity contribution in [1.29, 1.82) is 0 Å². The van der Waals surface area contributed by atoms with Gasteiger partial charge in [-0.1, -0.05) is 18.2 Å². The summed E-state index contributed by atoms with van der Waals surface area (Å²) < 4.78 is 13.3. The lowest BCUT2D eigenvalue weighted by Crippen LogP contribution is -2.46. The van der Waals surface area contributed by atoms with Gasteiger partial charge in [0.15, 0.2) is 5.78 Å². The summed E-state index contributed by atoms with van der Waals surface area (Å²) in [5.74, 6) is 1.70. The van der Waals surface area contributed by atoms with Crippen molar-refractivity contribution in [2.75, 3.05) is 45.9 Å². The van der Waals surface area contributed by atoms with Gasteiger partial charge in [-0.25, -0.2) is 0 Å². The van der Waals surface area contributed by atoms with E-state index in [1.165, 1.54) is 38.8 Å². The molecular formula is C35H40N2O3S. The molecule has 0 saturated carbocycles. The molecule has 6 heteroatoms. The number of carbonyl (C=O) groups is 1. The SMILES string of the molecule is CC(C)(COc1ccc(C(=O)c2c(-c3ccc(OCCN4CCCC4)cc3)sc3ccccc23)cc1)N1CCCC1. The number of ketones is 1. The van der Waals surface area contributed by atoms with E-state index in [0.29, 0.717) is 18.8 Å². The third-order valence-electron chi connectivity index (χ3n) is 8.48. The van der Waals surface area contributed by atoms with Crippen LogP contribution in [0.2, 0.25) is 0 Å². The number of thiophene rings is 1. The van der Waals surface area contributed by atoms with E-state index in [2.05, 4.69) is 47.9 Å². The first-order chi connectivity index (χ1) is 20.0.